The SMILES string of the molecule is Cn1cccc1CN1CCC(NC(=O)c2cc3c(Nc4ccc(F)c(Cl)c4)ncnc3s2)CC1. The zero-order valence-corrected chi connectivity index (χ0v) is 20.2. The first-order valence-corrected chi connectivity index (χ1v) is 12.3. The summed E-state index contributed by atoms with van der Waals surface area (Å²) in [5, 5.41) is 7.08. The fourth-order valence-electron chi connectivity index (χ4n) is 4.16. The van der Waals surface area contributed by atoms with Gasteiger partial charge in [-0.1, -0.05) is 11.6 Å². The Balaban J connectivity index is 1.23. The van der Waals surface area contributed by atoms with Crippen molar-refractivity contribution >= 4 is 50.6 Å². The third kappa shape index (κ3) is 4.91. The Morgan fingerprint density at radius 1 is 1.24 bits per heavy atom. The van der Waals surface area contributed by atoms with Gasteiger partial charge < -0.3 is 15.2 Å². The first-order valence-electron chi connectivity index (χ1n) is 11.1. The summed E-state index contributed by atoms with van der Waals surface area (Å²) in [5.41, 5.74) is 1.90. The molecule has 0 aliphatic carbocycles. The maximum Gasteiger partial charge on any atom is 0.261 e. The Labute approximate surface area is 205 Å². The third-order valence-corrected chi connectivity index (χ3v) is 7.43. The fraction of sp³-hybridized carbons (Fsp3) is 0.292. The lowest BCUT2D eigenvalue weighted by molar-refractivity contribution is 0.0912. The molecule has 5 rings (SSSR count). The Morgan fingerprint density at radius 3 is 2.79 bits per heavy atom. The van der Waals surface area contributed by atoms with Crippen LogP contribution in [0, 0.1) is 5.82 Å². The molecule has 4 aromatic rings. The topological polar surface area (TPSA) is 75.1 Å². The Bertz CT molecular complexity index is 1330. The minimum absolute atomic E-state index is 0.0235. The lowest BCUT2D eigenvalue weighted by atomic mass is 10.0. The zero-order chi connectivity index (χ0) is 23.7. The monoisotopic (exact) mass is 498 g/mol. The summed E-state index contributed by atoms with van der Waals surface area (Å²) >= 11 is 7.21. The first-order chi connectivity index (χ1) is 16.5. The van der Waals surface area contributed by atoms with Gasteiger partial charge in [0.05, 0.1) is 15.3 Å². The highest BCUT2D eigenvalue weighted by Gasteiger charge is 2.23. The molecule has 0 spiro atoms. The molecule has 7 nitrogen and oxygen atoms in total. The second kappa shape index (κ2) is 9.69. The van der Waals surface area contributed by atoms with Crippen LogP contribution in [0.3, 0.4) is 0 Å². The number of aryl methyl sites for hydroxylation is 1. The number of rotatable bonds is 6. The molecule has 1 fully saturated rings. The molecule has 4 heterocycles. The van der Waals surface area contributed by atoms with E-state index in [-0.39, 0.29) is 17.0 Å². The highest BCUT2D eigenvalue weighted by molar-refractivity contribution is 7.20. The molecular weight excluding hydrogens is 475 g/mol. The molecule has 1 aliphatic rings. The highest BCUT2D eigenvalue weighted by atomic mass is 35.5. The summed E-state index contributed by atoms with van der Waals surface area (Å²) in [4.78, 5) is 25.3. The number of amides is 1. The molecule has 1 aromatic carbocycles. The van der Waals surface area contributed by atoms with E-state index in [0.29, 0.717) is 21.2 Å². The third-order valence-electron chi connectivity index (χ3n) is 6.10. The van der Waals surface area contributed by atoms with Crippen molar-refractivity contribution in [2.45, 2.75) is 25.4 Å². The van der Waals surface area contributed by atoms with Crippen LogP contribution in [-0.4, -0.2) is 44.5 Å². The van der Waals surface area contributed by atoms with Crippen molar-refractivity contribution in [3.05, 3.63) is 70.3 Å². The molecule has 0 unspecified atom stereocenters. The van der Waals surface area contributed by atoms with Gasteiger partial charge in [0.2, 0.25) is 0 Å². The predicted molar refractivity (Wildman–Crippen MR) is 133 cm³/mol. The average molecular weight is 499 g/mol. The summed E-state index contributed by atoms with van der Waals surface area (Å²) in [6.45, 7) is 2.82. The average Bonchev–Trinajstić information content (AvgIpc) is 3.44. The Hall–Kier alpha value is -3.01. The molecule has 0 saturated carbocycles. The molecule has 34 heavy (non-hydrogen) atoms. The summed E-state index contributed by atoms with van der Waals surface area (Å²) in [5.74, 6) is -0.0445. The van der Waals surface area contributed by atoms with Gasteiger partial charge in [0.15, 0.2) is 0 Å². The van der Waals surface area contributed by atoms with Gasteiger partial charge in [-0.05, 0) is 49.2 Å². The smallest absolute Gasteiger partial charge is 0.261 e. The first kappa shape index (κ1) is 22.8. The van der Waals surface area contributed by atoms with E-state index in [0.717, 1.165) is 37.9 Å². The van der Waals surface area contributed by atoms with Gasteiger partial charge in [-0.2, -0.15) is 0 Å². The number of hydrogen-bond acceptors (Lipinski definition) is 6. The number of thiophene rings is 1. The van der Waals surface area contributed by atoms with E-state index < -0.39 is 5.82 Å². The Morgan fingerprint density at radius 2 is 2.06 bits per heavy atom. The number of nitrogens with zero attached hydrogens (tertiary/aromatic N) is 4. The number of anilines is 2. The van der Waals surface area contributed by atoms with E-state index in [1.54, 1.807) is 12.1 Å². The van der Waals surface area contributed by atoms with Crippen LogP contribution in [0.25, 0.3) is 10.2 Å². The fourth-order valence-corrected chi connectivity index (χ4v) is 5.24. The lowest BCUT2D eigenvalue weighted by Gasteiger charge is -2.32. The molecule has 0 radical (unpaired) electrons. The second-order valence-electron chi connectivity index (χ2n) is 8.44. The van der Waals surface area contributed by atoms with E-state index in [1.165, 1.54) is 35.5 Å². The van der Waals surface area contributed by atoms with Crippen LogP contribution in [0.4, 0.5) is 15.9 Å². The number of likely N-dealkylation sites (tertiary alicyclic amines) is 1. The van der Waals surface area contributed by atoms with Gasteiger partial charge in [0.1, 0.15) is 22.8 Å². The van der Waals surface area contributed by atoms with Gasteiger partial charge in [0, 0.05) is 50.3 Å². The van der Waals surface area contributed by atoms with Gasteiger partial charge >= 0.3 is 0 Å². The van der Waals surface area contributed by atoms with E-state index in [9.17, 15) is 9.18 Å². The zero-order valence-electron chi connectivity index (χ0n) is 18.6. The van der Waals surface area contributed by atoms with E-state index in [1.807, 2.05) is 0 Å². The molecular formula is C24H24ClFN6OS. The predicted octanol–water partition coefficient (Wildman–Crippen LogP) is 4.96. The van der Waals surface area contributed by atoms with E-state index >= 15 is 0 Å². The number of halogens is 2. The summed E-state index contributed by atoms with van der Waals surface area (Å²) in [6.07, 6.45) is 5.34. The molecule has 0 bridgehead atoms. The number of nitrogens with one attached hydrogen (secondary N) is 2. The number of benzene rings is 1. The molecule has 2 N–H and O–H groups in total. The minimum Gasteiger partial charge on any atom is -0.353 e. The number of carbonyl (C=O) groups excluding carboxylic acids is 1. The molecule has 1 saturated heterocycles. The van der Waals surface area contributed by atoms with Crippen LogP contribution in [0.15, 0.2) is 48.9 Å². The van der Waals surface area contributed by atoms with Crippen LogP contribution < -0.4 is 10.6 Å². The second-order valence-corrected chi connectivity index (χ2v) is 9.88. The molecule has 1 aliphatic heterocycles. The summed E-state index contributed by atoms with van der Waals surface area (Å²) < 4.78 is 15.6. The van der Waals surface area contributed by atoms with Crippen LogP contribution in [0.1, 0.15) is 28.2 Å². The van der Waals surface area contributed by atoms with Crippen LogP contribution in [-0.2, 0) is 13.6 Å². The number of hydrogen-bond donors (Lipinski definition) is 2. The number of piperidine rings is 1. The highest BCUT2D eigenvalue weighted by Crippen LogP contribution is 2.31. The van der Waals surface area contributed by atoms with Gasteiger partial charge in [-0.15, -0.1) is 11.3 Å². The van der Waals surface area contributed by atoms with Crippen molar-refractivity contribution in [1.29, 1.82) is 0 Å². The standard InChI is InChI=1S/C24H24ClFN6OS/c1-31-8-2-3-17(31)13-32-9-6-15(7-10-32)30-23(33)21-12-18-22(27-14-28-24(18)34-21)29-16-4-5-20(26)19(25)11-16/h2-5,8,11-12,14-15H,6-7,9-10,13H2,1H3,(H,30,33)(H,27,28,29). The minimum atomic E-state index is -0.486. The van der Waals surface area contributed by atoms with Crippen LogP contribution >= 0.6 is 22.9 Å². The van der Waals surface area contributed by atoms with Crippen molar-refractivity contribution in [3.8, 4) is 0 Å². The maximum atomic E-state index is 13.5. The molecule has 10 heteroatoms. The van der Waals surface area contributed by atoms with Crippen LogP contribution in [0.2, 0.25) is 5.02 Å². The molecule has 1 amide bonds. The van der Waals surface area contributed by atoms with E-state index in [2.05, 4.69) is 55.4 Å². The molecule has 176 valence electrons. The van der Waals surface area contributed by atoms with Gasteiger partial charge in [-0.25, -0.2) is 14.4 Å². The lowest BCUT2D eigenvalue weighted by Crippen LogP contribution is -2.44. The van der Waals surface area contributed by atoms with Crippen molar-refractivity contribution in [1.82, 2.24) is 24.8 Å². The number of carbonyl (C=O) groups is 1. The summed E-state index contributed by atoms with van der Waals surface area (Å²) in [6, 6.07) is 10.5. The molecule has 0 atom stereocenters. The largest absolute Gasteiger partial charge is 0.353 e. The Kier molecular flexibility index (Phi) is 6.49. The normalized spacial score (nSPS) is 15.0. The van der Waals surface area contributed by atoms with E-state index in [4.69, 9.17) is 11.6 Å². The quantitative estimate of drug-likeness (QED) is 0.393. The van der Waals surface area contributed by atoms with Crippen LogP contribution in [0.5, 0.6) is 0 Å². The number of aromatic nitrogens is 3. The van der Waals surface area contributed by atoms with Gasteiger partial charge in [-0.3, -0.25) is 9.69 Å². The van der Waals surface area contributed by atoms with Crippen molar-refractivity contribution in [2.24, 2.45) is 7.05 Å². The van der Waals surface area contributed by atoms with Crippen molar-refractivity contribution < 1.29 is 9.18 Å². The molecule has 3 aromatic heterocycles. The maximum absolute atomic E-state index is 13.5. The van der Waals surface area contributed by atoms with Crippen molar-refractivity contribution in [2.75, 3.05) is 18.4 Å². The number of fused-ring (bicyclic) bond motifs is 1. The van der Waals surface area contributed by atoms with Crippen molar-refractivity contribution in [3.63, 3.8) is 0 Å². The summed E-state index contributed by atoms with van der Waals surface area (Å²) in [7, 11) is 2.06. The van der Waals surface area contributed by atoms with Gasteiger partial charge in [0.25, 0.3) is 5.91 Å².